The summed E-state index contributed by atoms with van der Waals surface area (Å²) in [6, 6.07) is 61.2. The average molecular weight is 710 g/mol. The number of hydrogen-bond acceptors (Lipinski definition) is 4. The van der Waals surface area contributed by atoms with Crippen LogP contribution >= 0.6 is 0 Å². The van der Waals surface area contributed by atoms with Crippen LogP contribution in [0.3, 0.4) is 0 Å². The number of aryl methyl sites for hydroxylation is 2. The van der Waals surface area contributed by atoms with Gasteiger partial charge in [0.1, 0.15) is 0 Å². The van der Waals surface area contributed by atoms with Gasteiger partial charge in [-0.25, -0.2) is 19.7 Å². The predicted octanol–water partition coefficient (Wildman–Crippen LogP) is 10.1. The third-order valence-corrected chi connectivity index (χ3v) is 11.1. The van der Waals surface area contributed by atoms with Gasteiger partial charge >= 0.3 is 5.69 Å². The molecule has 6 heteroatoms. The normalized spacial score (nSPS) is 12.8. The molecule has 9 aromatic rings. The van der Waals surface area contributed by atoms with Gasteiger partial charge in [-0.3, -0.25) is 9.13 Å². The van der Waals surface area contributed by atoms with Crippen molar-refractivity contribution in [3.63, 3.8) is 0 Å². The minimum absolute atomic E-state index is 0.0509. The molecule has 0 N–H and O–H groups in total. The molecule has 1 aliphatic carbocycles. The highest BCUT2D eigenvalue weighted by Gasteiger charge is 2.47. The quantitative estimate of drug-likeness (QED) is 0.172. The molecule has 0 bridgehead atoms. The summed E-state index contributed by atoms with van der Waals surface area (Å²) in [5.41, 5.74) is 12.8. The van der Waals surface area contributed by atoms with E-state index < -0.39 is 5.41 Å². The Morgan fingerprint density at radius 3 is 1.53 bits per heavy atom. The maximum Gasteiger partial charge on any atom is 0.328 e. The Kier molecular flexibility index (Phi) is 7.52. The highest BCUT2D eigenvalue weighted by Crippen LogP contribution is 2.59. The van der Waals surface area contributed by atoms with E-state index in [-0.39, 0.29) is 5.69 Å². The molecule has 2 aromatic heterocycles. The minimum atomic E-state index is -0.673. The molecule has 0 saturated carbocycles. The van der Waals surface area contributed by atoms with Crippen LogP contribution in [0.15, 0.2) is 181 Å². The first-order valence-electron chi connectivity index (χ1n) is 18.5. The summed E-state index contributed by atoms with van der Waals surface area (Å²) in [5.74, 6) is 1.84. The fourth-order valence-corrected chi connectivity index (χ4v) is 8.63. The maximum atomic E-state index is 13.3. The summed E-state index contributed by atoms with van der Waals surface area (Å²) in [6.07, 6.45) is 0. The molecule has 6 nitrogen and oxygen atoms in total. The van der Waals surface area contributed by atoms with E-state index in [0.29, 0.717) is 17.5 Å². The standard InChI is InChI=1S/C49H35N5O/c1-53-42-28-16-26-38(44(42)54(2)48(53)55)37-25-15-27-40-43(37)39-30-29-34(31-41(39)49(40,35-21-11-5-12-22-35)36-23-13-6-14-24-36)47-51-45(32-17-7-3-8-18-32)50-46(52-47)33-19-9-4-10-20-33/h3-31H,1-2H3. The van der Waals surface area contributed by atoms with E-state index in [2.05, 4.69) is 103 Å². The fraction of sp³-hybridized carbons (Fsp3) is 0.0612. The van der Waals surface area contributed by atoms with Gasteiger partial charge in [-0.2, -0.15) is 0 Å². The van der Waals surface area contributed by atoms with E-state index in [0.717, 1.165) is 66.7 Å². The summed E-state index contributed by atoms with van der Waals surface area (Å²) in [7, 11) is 3.70. The zero-order valence-electron chi connectivity index (χ0n) is 30.4. The number of fused-ring (bicyclic) bond motifs is 4. The molecule has 10 rings (SSSR count). The van der Waals surface area contributed by atoms with Gasteiger partial charge in [0.25, 0.3) is 0 Å². The second-order valence-electron chi connectivity index (χ2n) is 14.1. The van der Waals surface area contributed by atoms with Crippen molar-refractivity contribution in [2.24, 2.45) is 14.1 Å². The Bertz CT molecular complexity index is 2860. The molecule has 0 atom stereocenters. The zero-order valence-corrected chi connectivity index (χ0v) is 30.4. The first kappa shape index (κ1) is 32.5. The van der Waals surface area contributed by atoms with Crippen LogP contribution in [0.1, 0.15) is 22.3 Å². The van der Waals surface area contributed by atoms with Crippen molar-refractivity contribution >= 4 is 11.0 Å². The first-order chi connectivity index (χ1) is 27.0. The van der Waals surface area contributed by atoms with Crippen molar-refractivity contribution in [1.29, 1.82) is 0 Å². The van der Waals surface area contributed by atoms with Crippen LogP contribution in [-0.2, 0) is 19.5 Å². The molecule has 55 heavy (non-hydrogen) atoms. The average Bonchev–Trinajstić information content (AvgIpc) is 3.68. The lowest BCUT2D eigenvalue weighted by Crippen LogP contribution is -2.28. The van der Waals surface area contributed by atoms with Crippen LogP contribution in [0.25, 0.3) is 67.5 Å². The molecule has 1 aliphatic rings. The number of imidazole rings is 1. The highest BCUT2D eigenvalue weighted by atomic mass is 16.1. The van der Waals surface area contributed by atoms with E-state index in [1.165, 1.54) is 5.56 Å². The minimum Gasteiger partial charge on any atom is -0.295 e. The summed E-state index contributed by atoms with van der Waals surface area (Å²) >= 11 is 0. The molecule has 2 heterocycles. The van der Waals surface area contributed by atoms with E-state index in [9.17, 15) is 4.79 Å². The molecular formula is C49H35N5O. The molecule has 0 radical (unpaired) electrons. The molecule has 0 amide bonds. The van der Waals surface area contributed by atoms with E-state index in [1.54, 1.807) is 9.13 Å². The lowest BCUT2D eigenvalue weighted by atomic mass is 9.67. The number of aromatic nitrogens is 5. The molecule has 0 spiro atoms. The largest absolute Gasteiger partial charge is 0.328 e. The number of hydrogen-bond donors (Lipinski definition) is 0. The SMILES string of the molecule is Cn1c(=O)n(C)c2c(-c3cccc4c3-c3ccc(-c5nc(-c6ccccc6)nc(-c6ccccc6)n5)cc3C4(c3ccccc3)c3ccccc3)cccc21. The van der Waals surface area contributed by atoms with Gasteiger partial charge in [0.15, 0.2) is 17.5 Å². The van der Waals surface area contributed by atoms with Crippen molar-refractivity contribution in [3.8, 4) is 56.4 Å². The Labute approximate surface area is 318 Å². The number of nitrogens with zero attached hydrogens (tertiary/aromatic N) is 5. The second-order valence-corrected chi connectivity index (χ2v) is 14.1. The van der Waals surface area contributed by atoms with Crippen LogP contribution in [-0.4, -0.2) is 24.1 Å². The maximum absolute atomic E-state index is 13.3. The van der Waals surface area contributed by atoms with Crippen molar-refractivity contribution in [1.82, 2.24) is 24.1 Å². The Balaban J connectivity index is 1.29. The lowest BCUT2D eigenvalue weighted by Gasteiger charge is -2.34. The summed E-state index contributed by atoms with van der Waals surface area (Å²) in [6.45, 7) is 0. The first-order valence-corrected chi connectivity index (χ1v) is 18.5. The fourth-order valence-electron chi connectivity index (χ4n) is 8.63. The molecule has 0 aliphatic heterocycles. The zero-order chi connectivity index (χ0) is 37.1. The van der Waals surface area contributed by atoms with E-state index in [1.807, 2.05) is 86.9 Å². The summed E-state index contributed by atoms with van der Waals surface area (Å²) in [4.78, 5) is 28.5. The van der Waals surface area contributed by atoms with Crippen LogP contribution in [0.4, 0.5) is 0 Å². The monoisotopic (exact) mass is 709 g/mol. The molecule has 262 valence electrons. The van der Waals surface area contributed by atoms with Gasteiger partial charge in [-0.1, -0.05) is 164 Å². The van der Waals surface area contributed by atoms with Gasteiger partial charge in [-0.15, -0.1) is 0 Å². The summed E-state index contributed by atoms with van der Waals surface area (Å²) in [5, 5.41) is 0. The topological polar surface area (TPSA) is 65.6 Å². The van der Waals surface area contributed by atoms with Gasteiger partial charge < -0.3 is 0 Å². The van der Waals surface area contributed by atoms with Crippen LogP contribution in [0.5, 0.6) is 0 Å². The van der Waals surface area contributed by atoms with Crippen molar-refractivity contribution in [2.75, 3.05) is 0 Å². The Morgan fingerprint density at radius 2 is 0.945 bits per heavy atom. The van der Waals surface area contributed by atoms with Crippen molar-refractivity contribution < 1.29 is 0 Å². The number of para-hydroxylation sites is 1. The van der Waals surface area contributed by atoms with Crippen molar-refractivity contribution in [2.45, 2.75) is 5.41 Å². The predicted molar refractivity (Wildman–Crippen MR) is 221 cm³/mol. The molecular weight excluding hydrogens is 675 g/mol. The Hall–Kier alpha value is -7.18. The molecule has 0 unspecified atom stereocenters. The van der Waals surface area contributed by atoms with Crippen LogP contribution < -0.4 is 5.69 Å². The molecule has 7 aromatic carbocycles. The van der Waals surface area contributed by atoms with E-state index >= 15 is 0 Å². The number of benzene rings is 7. The lowest BCUT2D eigenvalue weighted by molar-refractivity contribution is 0.768. The Morgan fingerprint density at radius 1 is 0.436 bits per heavy atom. The smallest absolute Gasteiger partial charge is 0.295 e. The van der Waals surface area contributed by atoms with Gasteiger partial charge in [0, 0.05) is 36.3 Å². The van der Waals surface area contributed by atoms with E-state index in [4.69, 9.17) is 15.0 Å². The van der Waals surface area contributed by atoms with Gasteiger partial charge in [-0.05, 0) is 51.1 Å². The van der Waals surface area contributed by atoms with Crippen LogP contribution in [0, 0.1) is 0 Å². The summed E-state index contributed by atoms with van der Waals surface area (Å²) < 4.78 is 3.49. The second kappa shape index (κ2) is 12.7. The molecule has 0 saturated heterocycles. The van der Waals surface area contributed by atoms with Crippen molar-refractivity contribution in [3.05, 3.63) is 209 Å². The third-order valence-electron chi connectivity index (χ3n) is 11.1. The highest BCUT2D eigenvalue weighted by molar-refractivity contribution is 6.02. The van der Waals surface area contributed by atoms with Crippen LogP contribution in [0.2, 0.25) is 0 Å². The third kappa shape index (κ3) is 4.95. The van der Waals surface area contributed by atoms with Gasteiger partial charge in [0.2, 0.25) is 0 Å². The molecule has 0 fully saturated rings. The number of rotatable bonds is 6. The van der Waals surface area contributed by atoms with Gasteiger partial charge in [0.05, 0.1) is 16.4 Å².